The fourth-order valence-electron chi connectivity index (χ4n) is 6.15. The molecule has 0 fully saturated rings. The molecule has 0 aliphatic rings. The van der Waals surface area contributed by atoms with Gasteiger partial charge in [-0.3, -0.25) is 0 Å². The third-order valence-electron chi connectivity index (χ3n) is 9.28. The molecule has 1 atom stereocenters. The molecule has 0 saturated heterocycles. The van der Waals surface area contributed by atoms with Gasteiger partial charge in [-0.1, -0.05) is 0 Å². The maximum absolute atomic E-state index is 10.6. The van der Waals surface area contributed by atoms with Gasteiger partial charge in [0.05, 0.1) is 0 Å². The Hall–Kier alpha value is -1.36. The van der Waals surface area contributed by atoms with E-state index in [1.807, 2.05) is 0 Å². The molecule has 0 aromatic heterocycles. The van der Waals surface area contributed by atoms with Crippen molar-refractivity contribution in [2.45, 2.75) is 168 Å². The van der Waals surface area contributed by atoms with Crippen LogP contribution >= 0.6 is 8.20 Å². The first-order valence-corrected chi connectivity index (χ1v) is 22.3. The van der Waals surface area contributed by atoms with Gasteiger partial charge in [0.1, 0.15) is 0 Å². The van der Waals surface area contributed by atoms with Crippen LogP contribution in [-0.2, 0) is 16.2 Å². The molecule has 0 bridgehead atoms. The molecule has 0 aliphatic carbocycles. The van der Waals surface area contributed by atoms with Crippen molar-refractivity contribution < 1.29 is 0 Å². The van der Waals surface area contributed by atoms with Gasteiger partial charge in [-0.05, 0) is 0 Å². The summed E-state index contributed by atoms with van der Waals surface area (Å²) in [6.45, 7) is 42.5. The minimum atomic E-state index is -3.28. The van der Waals surface area contributed by atoms with Crippen LogP contribution in [0.2, 0.25) is 9.50 Å². The Morgan fingerprint density at radius 3 is 1.37 bits per heavy atom. The first-order chi connectivity index (χ1) is 19.3. The van der Waals surface area contributed by atoms with Crippen molar-refractivity contribution in [2.75, 3.05) is 0 Å². The summed E-state index contributed by atoms with van der Waals surface area (Å²) in [4.78, 5) is 0. The van der Waals surface area contributed by atoms with E-state index in [2.05, 4.69) is 160 Å². The van der Waals surface area contributed by atoms with E-state index in [1.165, 1.54) is 46.9 Å². The van der Waals surface area contributed by atoms with Crippen LogP contribution in [0.5, 0.6) is 0 Å². The number of hydrogen-bond donors (Lipinski definition) is 0. The third-order valence-corrected chi connectivity index (χ3v) is 24.4. The molecule has 0 aliphatic heterocycles. The van der Waals surface area contributed by atoms with Crippen LogP contribution in [0, 0.1) is 11.3 Å². The summed E-state index contributed by atoms with van der Waals surface area (Å²) in [5.74, 6) is 1.29. The number of hydrogen-bond acceptors (Lipinski definition) is 1. The van der Waals surface area contributed by atoms with Crippen molar-refractivity contribution in [1.29, 1.82) is 5.26 Å². The van der Waals surface area contributed by atoms with Gasteiger partial charge in [0, 0.05) is 0 Å². The Morgan fingerprint density at radius 2 is 1.09 bits per heavy atom. The Kier molecular flexibility index (Phi) is 11.6. The summed E-state index contributed by atoms with van der Waals surface area (Å²) < 4.78 is 4.34. The maximum atomic E-state index is 10.6. The van der Waals surface area contributed by atoms with Crippen LogP contribution in [0.4, 0.5) is 0 Å². The van der Waals surface area contributed by atoms with Gasteiger partial charge < -0.3 is 0 Å². The van der Waals surface area contributed by atoms with Crippen LogP contribution in [0.3, 0.4) is 0 Å². The molecule has 43 heavy (non-hydrogen) atoms. The minimum absolute atomic E-state index is 0.00908. The molecular weight excluding hydrogens is 598 g/mol. The topological polar surface area (TPSA) is 23.8 Å². The molecule has 0 N–H and O–H groups in total. The van der Waals surface area contributed by atoms with Gasteiger partial charge in [-0.15, -0.1) is 0 Å². The first kappa shape index (κ1) is 37.8. The van der Waals surface area contributed by atoms with Crippen molar-refractivity contribution in [3.63, 3.8) is 0 Å². The van der Waals surface area contributed by atoms with Crippen molar-refractivity contribution in [2.24, 2.45) is 0 Å². The fraction of sp³-hybridized carbons (Fsp3) is 0.650. The van der Waals surface area contributed by atoms with E-state index in [0.717, 1.165) is 0 Å². The number of nitrogens with zero attached hydrogens (tertiary/aromatic N) is 1. The summed E-state index contributed by atoms with van der Waals surface area (Å²) in [7, 11) is 1.27. The van der Waals surface area contributed by atoms with E-state index < -0.39 is 13.3 Å². The van der Waals surface area contributed by atoms with E-state index in [-0.39, 0.29) is 20.5 Å². The molecule has 0 amide bonds. The molecule has 3 heteroatoms. The number of benzene rings is 2. The van der Waals surface area contributed by atoms with Gasteiger partial charge in [0.15, 0.2) is 0 Å². The summed E-state index contributed by atoms with van der Waals surface area (Å²) in [6, 6.07) is 12.8. The molecule has 1 unspecified atom stereocenters. The normalized spacial score (nSPS) is 15.1. The average Bonchev–Trinajstić information content (AvgIpc) is 2.82. The third kappa shape index (κ3) is 8.27. The van der Waals surface area contributed by atoms with Gasteiger partial charge in [-0.25, -0.2) is 0 Å². The van der Waals surface area contributed by atoms with E-state index in [0.29, 0.717) is 23.0 Å². The summed E-state index contributed by atoms with van der Waals surface area (Å²) in [5.41, 5.74) is 8.81. The van der Waals surface area contributed by atoms with E-state index in [9.17, 15) is 5.26 Å². The second kappa shape index (κ2) is 13.2. The fourth-order valence-corrected chi connectivity index (χ4v) is 21.5. The van der Waals surface area contributed by atoms with Crippen molar-refractivity contribution in [3.8, 4) is 6.07 Å². The molecule has 2 rings (SSSR count). The average molecular weight is 663 g/mol. The van der Waals surface area contributed by atoms with Crippen LogP contribution in [0.1, 0.15) is 176 Å². The molecule has 2 aromatic rings. The van der Waals surface area contributed by atoms with Crippen molar-refractivity contribution in [1.82, 2.24) is 0 Å². The van der Waals surface area contributed by atoms with Crippen LogP contribution in [-0.4, -0.2) is 17.9 Å². The standard InChI is InChI=1S/C40H64GeNP/c1-26(2)29-21-31(27(3)4)35(32(22-29)28(5)6)41(19-20-42,40(16,17)18)25-43-36-33(38(10,11)12)23-30(37(7,8)9)24-34(36)39(13,14)15/h21-28H,19H2,1-18H3. The molecule has 0 saturated carbocycles. The van der Waals surface area contributed by atoms with Gasteiger partial charge in [-0.2, -0.15) is 0 Å². The van der Waals surface area contributed by atoms with E-state index in [1.54, 1.807) is 4.40 Å². The molecule has 0 radical (unpaired) electrons. The summed E-state index contributed by atoms with van der Waals surface area (Å²) in [6.07, 6.45) is 0. The number of nitriles is 1. The monoisotopic (exact) mass is 663 g/mol. The summed E-state index contributed by atoms with van der Waals surface area (Å²) >= 11 is -3.28. The zero-order chi connectivity index (χ0) is 33.5. The van der Waals surface area contributed by atoms with E-state index >= 15 is 0 Å². The second-order valence-electron chi connectivity index (χ2n) is 18.0. The quantitative estimate of drug-likeness (QED) is 0.214. The van der Waals surface area contributed by atoms with Crippen molar-refractivity contribution in [3.05, 3.63) is 57.6 Å². The zero-order valence-electron chi connectivity index (χ0n) is 31.2. The zero-order valence-corrected chi connectivity index (χ0v) is 34.2. The Labute approximate surface area is 271 Å². The molecule has 1 nitrogen and oxygen atoms in total. The van der Waals surface area contributed by atoms with E-state index in [4.69, 9.17) is 0 Å². The Bertz CT molecular complexity index is 1290. The Morgan fingerprint density at radius 1 is 0.674 bits per heavy atom. The van der Waals surface area contributed by atoms with Gasteiger partial charge in [0.25, 0.3) is 0 Å². The van der Waals surface area contributed by atoms with Gasteiger partial charge >= 0.3 is 273 Å². The number of rotatable bonds is 7. The Balaban J connectivity index is 3.24. The molecular formula is C40H64GeNP. The van der Waals surface area contributed by atoms with Crippen LogP contribution in [0.25, 0.3) is 0 Å². The summed E-state index contributed by atoms with van der Waals surface area (Å²) in [5, 5.41) is 12.7. The van der Waals surface area contributed by atoms with Crippen LogP contribution in [0.15, 0.2) is 24.3 Å². The predicted octanol–water partition coefficient (Wildman–Crippen LogP) is 11.5. The first-order valence-electron chi connectivity index (χ1n) is 16.6. The molecule has 0 heterocycles. The molecule has 238 valence electrons. The second-order valence-corrected chi connectivity index (χ2v) is 29.6. The predicted molar refractivity (Wildman–Crippen MR) is 199 cm³/mol. The SMILES string of the molecule is CC(C)c1cc(C(C)C)[c]([Ge]([CH]=Pc2c(C(C)(C)C)cc(C(C)(C)C)cc2C(C)(C)C)([CH2]C#N)[C](C)(C)C)c(C(C)C)c1. The molecule has 2 aromatic carbocycles. The molecule has 0 spiro atoms. The van der Waals surface area contributed by atoms with Crippen molar-refractivity contribution >= 4 is 35.8 Å². The van der Waals surface area contributed by atoms with Crippen LogP contribution < -0.4 is 9.70 Å². The van der Waals surface area contributed by atoms with Gasteiger partial charge in [0.2, 0.25) is 0 Å².